The number of rotatable bonds is 6. The number of hydrogen-bond acceptors (Lipinski definition) is 6. The van der Waals surface area contributed by atoms with E-state index >= 15 is 0 Å². The summed E-state index contributed by atoms with van der Waals surface area (Å²) in [7, 11) is -2.25. The fourth-order valence-electron chi connectivity index (χ4n) is 2.99. The minimum absolute atomic E-state index is 0.0864. The Kier molecular flexibility index (Phi) is 5.85. The molecule has 0 spiro atoms. The predicted molar refractivity (Wildman–Crippen MR) is 121 cm³/mol. The van der Waals surface area contributed by atoms with E-state index < -0.39 is 10.0 Å². The van der Waals surface area contributed by atoms with Gasteiger partial charge in [0, 0.05) is 17.6 Å². The van der Waals surface area contributed by atoms with Crippen LogP contribution in [0.25, 0.3) is 10.2 Å². The number of nitrogens with zero attached hydrogens (tertiary/aromatic N) is 2. The van der Waals surface area contributed by atoms with E-state index in [1.807, 2.05) is 13.0 Å². The van der Waals surface area contributed by atoms with Crippen LogP contribution < -0.4 is 5.32 Å². The molecule has 0 bridgehead atoms. The van der Waals surface area contributed by atoms with E-state index in [0.29, 0.717) is 21.5 Å². The van der Waals surface area contributed by atoms with Crippen molar-refractivity contribution in [3.05, 3.63) is 76.7 Å². The van der Waals surface area contributed by atoms with Crippen LogP contribution in [0.15, 0.2) is 64.1 Å². The van der Waals surface area contributed by atoms with E-state index in [4.69, 9.17) is 16.0 Å². The number of benzene rings is 2. The lowest BCUT2D eigenvalue weighted by Gasteiger charge is -2.16. The summed E-state index contributed by atoms with van der Waals surface area (Å²) >= 11 is 7.47. The molecule has 0 saturated heterocycles. The minimum Gasteiger partial charge on any atom is -0.468 e. The number of carbonyl (C=O) groups is 1. The molecule has 1 N–H and O–H groups in total. The topological polar surface area (TPSA) is 92.5 Å². The average molecular weight is 476 g/mol. The molecule has 31 heavy (non-hydrogen) atoms. The number of anilines is 1. The molecule has 0 radical (unpaired) electrons. The number of fused-ring (bicyclic) bond motifs is 1. The van der Waals surface area contributed by atoms with Gasteiger partial charge in [-0.2, -0.15) is 4.31 Å². The van der Waals surface area contributed by atoms with Gasteiger partial charge in [-0.15, -0.1) is 0 Å². The van der Waals surface area contributed by atoms with Crippen molar-refractivity contribution in [1.82, 2.24) is 9.29 Å². The molecule has 160 valence electrons. The highest BCUT2D eigenvalue weighted by Crippen LogP contribution is 2.32. The lowest BCUT2D eigenvalue weighted by molar-refractivity contribution is 0.102. The minimum atomic E-state index is -3.72. The van der Waals surface area contributed by atoms with E-state index in [2.05, 4.69) is 10.3 Å². The Morgan fingerprint density at radius 3 is 2.61 bits per heavy atom. The number of nitrogens with one attached hydrogen (secondary N) is 1. The van der Waals surface area contributed by atoms with Gasteiger partial charge in [0.25, 0.3) is 5.91 Å². The van der Waals surface area contributed by atoms with Crippen molar-refractivity contribution in [1.29, 1.82) is 0 Å². The third-order valence-corrected chi connectivity index (χ3v) is 7.91. The lowest BCUT2D eigenvalue weighted by atomic mass is 10.2. The zero-order chi connectivity index (χ0) is 22.2. The first-order valence-electron chi connectivity index (χ1n) is 9.21. The van der Waals surface area contributed by atoms with Gasteiger partial charge >= 0.3 is 0 Å². The number of hydrogen-bond donors (Lipinski definition) is 1. The molecule has 10 heteroatoms. The molecule has 0 saturated carbocycles. The van der Waals surface area contributed by atoms with Crippen molar-refractivity contribution < 1.29 is 17.6 Å². The molecule has 7 nitrogen and oxygen atoms in total. The van der Waals surface area contributed by atoms with Crippen molar-refractivity contribution in [3.63, 3.8) is 0 Å². The summed E-state index contributed by atoms with van der Waals surface area (Å²) in [6.07, 6.45) is 1.49. The molecule has 0 fully saturated rings. The van der Waals surface area contributed by atoms with Crippen LogP contribution in [0.5, 0.6) is 0 Å². The zero-order valence-corrected chi connectivity index (χ0v) is 19.0. The summed E-state index contributed by atoms with van der Waals surface area (Å²) in [6, 6.07) is 12.8. The standard InChI is InChI=1S/C21H18ClN3O4S2/c1-13-17(22)9-10-18-19(13)23-21(30-18)24-20(26)14-5-7-16(8-6-14)31(27,28)25(2)12-15-4-3-11-29-15/h3-11H,12H2,1-2H3,(H,23,24,26). The maximum atomic E-state index is 12.8. The number of sulfonamides is 1. The SMILES string of the molecule is Cc1c(Cl)ccc2sc(NC(=O)c3ccc(S(=O)(=O)N(C)Cc4ccco4)cc3)nc12. The summed E-state index contributed by atoms with van der Waals surface area (Å²) in [4.78, 5) is 17.1. The second-order valence-corrected chi connectivity index (χ2v) is 10.3. The van der Waals surface area contributed by atoms with Gasteiger partial charge in [-0.25, -0.2) is 13.4 Å². The van der Waals surface area contributed by atoms with Crippen molar-refractivity contribution in [2.45, 2.75) is 18.4 Å². The second kappa shape index (κ2) is 8.43. The number of aryl methyl sites for hydroxylation is 1. The molecule has 0 aliphatic carbocycles. The highest BCUT2D eigenvalue weighted by Gasteiger charge is 2.22. The van der Waals surface area contributed by atoms with Crippen molar-refractivity contribution in [2.75, 3.05) is 12.4 Å². The van der Waals surface area contributed by atoms with Crippen LogP contribution in [0.2, 0.25) is 5.02 Å². The van der Waals surface area contributed by atoms with E-state index in [9.17, 15) is 13.2 Å². The van der Waals surface area contributed by atoms with Crippen molar-refractivity contribution >= 4 is 54.2 Å². The summed E-state index contributed by atoms with van der Waals surface area (Å²) in [6.45, 7) is 1.98. The fourth-order valence-corrected chi connectivity index (χ4v) is 5.20. The van der Waals surface area contributed by atoms with Gasteiger partial charge in [-0.3, -0.25) is 10.1 Å². The molecule has 1 amide bonds. The van der Waals surface area contributed by atoms with E-state index in [0.717, 1.165) is 15.8 Å². The Labute approximate surface area is 188 Å². The Hall–Kier alpha value is -2.72. The molecule has 4 aromatic rings. The molecule has 0 atom stereocenters. The Bertz CT molecular complexity index is 1350. The van der Waals surface area contributed by atoms with Crippen LogP contribution in [-0.2, 0) is 16.6 Å². The first-order valence-corrected chi connectivity index (χ1v) is 11.8. The molecule has 4 rings (SSSR count). The van der Waals surface area contributed by atoms with Crippen LogP contribution in [0.4, 0.5) is 5.13 Å². The highest BCUT2D eigenvalue weighted by atomic mass is 35.5. The number of halogens is 1. The van der Waals surface area contributed by atoms with Crippen molar-refractivity contribution in [3.8, 4) is 0 Å². The molecule has 0 aliphatic rings. The van der Waals surface area contributed by atoms with Crippen LogP contribution in [0.3, 0.4) is 0 Å². The normalized spacial score (nSPS) is 11.9. The van der Waals surface area contributed by atoms with Gasteiger partial charge < -0.3 is 4.42 Å². The molecule has 0 aliphatic heterocycles. The first kappa shape index (κ1) is 21.5. The van der Waals surface area contributed by atoms with Gasteiger partial charge in [0.05, 0.1) is 27.9 Å². The van der Waals surface area contributed by atoms with Gasteiger partial charge in [0.2, 0.25) is 10.0 Å². The van der Waals surface area contributed by atoms with Gasteiger partial charge in [-0.1, -0.05) is 22.9 Å². The lowest BCUT2D eigenvalue weighted by Crippen LogP contribution is -2.26. The Balaban J connectivity index is 1.50. The smallest absolute Gasteiger partial charge is 0.257 e. The van der Waals surface area contributed by atoms with E-state index in [-0.39, 0.29) is 17.3 Å². The van der Waals surface area contributed by atoms with Crippen LogP contribution in [0, 0.1) is 6.92 Å². The fraction of sp³-hybridized carbons (Fsp3) is 0.143. The number of thiazole rings is 1. The molecular weight excluding hydrogens is 458 g/mol. The highest BCUT2D eigenvalue weighted by molar-refractivity contribution is 7.89. The van der Waals surface area contributed by atoms with Gasteiger partial charge in [0.1, 0.15) is 5.76 Å². The van der Waals surface area contributed by atoms with Gasteiger partial charge in [-0.05, 0) is 61.0 Å². The largest absolute Gasteiger partial charge is 0.468 e. The second-order valence-electron chi connectivity index (χ2n) is 6.86. The number of carbonyl (C=O) groups excluding carboxylic acids is 1. The van der Waals surface area contributed by atoms with Gasteiger partial charge in [0.15, 0.2) is 5.13 Å². The Morgan fingerprint density at radius 1 is 1.19 bits per heavy atom. The predicted octanol–water partition coefficient (Wildman–Crippen LogP) is 4.92. The zero-order valence-electron chi connectivity index (χ0n) is 16.6. The Morgan fingerprint density at radius 2 is 1.94 bits per heavy atom. The molecule has 2 aromatic heterocycles. The van der Waals surface area contributed by atoms with Crippen LogP contribution in [0.1, 0.15) is 21.7 Å². The number of aromatic nitrogens is 1. The monoisotopic (exact) mass is 475 g/mol. The maximum absolute atomic E-state index is 12.8. The van der Waals surface area contributed by atoms with Crippen molar-refractivity contribution in [2.24, 2.45) is 0 Å². The summed E-state index contributed by atoms with van der Waals surface area (Å²) < 4.78 is 32.8. The third-order valence-electron chi connectivity index (χ3n) is 4.75. The summed E-state index contributed by atoms with van der Waals surface area (Å²) in [5.74, 6) is 0.158. The average Bonchev–Trinajstić information content (AvgIpc) is 3.41. The quantitative estimate of drug-likeness (QED) is 0.427. The van der Waals surface area contributed by atoms with Crippen LogP contribution in [-0.4, -0.2) is 30.7 Å². The molecule has 0 unspecified atom stereocenters. The molecular formula is C21H18ClN3O4S2. The third kappa shape index (κ3) is 4.35. The maximum Gasteiger partial charge on any atom is 0.257 e. The molecule has 2 heterocycles. The molecule has 2 aromatic carbocycles. The van der Waals surface area contributed by atoms with E-state index in [1.54, 1.807) is 18.2 Å². The van der Waals surface area contributed by atoms with Crippen LogP contribution >= 0.6 is 22.9 Å². The number of amides is 1. The number of furan rings is 1. The summed E-state index contributed by atoms with van der Waals surface area (Å²) in [5.41, 5.74) is 1.92. The first-order chi connectivity index (χ1) is 14.8. The summed E-state index contributed by atoms with van der Waals surface area (Å²) in [5, 5.41) is 3.82. The van der Waals surface area contributed by atoms with E-state index in [1.165, 1.54) is 53.2 Å².